The zero-order valence-corrected chi connectivity index (χ0v) is 12.3. The third kappa shape index (κ3) is 3.29. The highest BCUT2D eigenvalue weighted by Gasteiger charge is 2.21. The Labute approximate surface area is 130 Å². The predicted molar refractivity (Wildman–Crippen MR) is 80.1 cm³/mol. The monoisotopic (exact) mass is 325 g/mol. The molecule has 1 atom stereocenters. The third-order valence-electron chi connectivity index (χ3n) is 3.06. The highest BCUT2D eigenvalue weighted by Crippen LogP contribution is 2.34. The van der Waals surface area contributed by atoms with Crippen LogP contribution in [0.3, 0.4) is 0 Å². The number of halogens is 2. The first-order valence-electron chi connectivity index (χ1n) is 6.24. The summed E-state index contributed by atoms with van der Waals surface area (Å²) >= 11 is 5.88. The Morgan fingerprint density at radius 1 is 1.32 bits per heavy atom. The molecule has 5 nitrogen and oxygen atoms in total. The number of methoxy groups -OCH3 is 1. The van der Waals surface area contributed by atoms with Crippen LogP contribution in [-0.4, -0.2) is 23.4 Å². The maximum absolute atomic E-state index is 14.2. The van der Waals surface area contributed by atoms with Crippen LogP contribution in [0.5, 0.6) is 5.75 Å². The summed E-state index contributed by atoms with van der Waals surface area (Å²) in [5, 5.41) is 21.7. The SMILES string of the molecule is COc1cccc(C(O)c2cc(Cl)ccc2NC(=O)O)c1F. The van der Waals surface area contributed by atoms with Crippen molar-refractivity contribution in [3.63, 3.8) is 0 Å². The second kappa shape index (κ2) is 6.64. The average Bonchev–Trinajstić information content (AvgIpc) is 2.48. The molecule has 0 aromatic heterocycles. The van der Waals surface area contributed by atoms with Crippen LogP contribution >= 0.6 is 11.6 Å². The summed E-state index contributed by atoms with van der Waals surface area (Å²) in [6, 6.07) is 8.55. The van der Waals surface area contributed by atoms with Gasteiger partial charge in [0.25, 0.3) is 0 Å². The zero-order valence-electron chi connectivity index (χ0n) is 11.5. The van der Waals surface area contributed by atoms with Gasteiger partial charge in [-0.15, -0.1) is 0 Å². The Morgan fingerprint density at radius 3 is 2.68 bits per heavy atom. The fraction of sp³-hybridized carbons (Fsp3) is 0.133. The molecule has 1 unspecified atom stereocenters. The Kier molecular flexibility index (Phi) is 4.85. The van der Waals surface area contributed by atoms with Gasteiger partial charge in [0, 0.05) is 16.1 Å². The zero-order chi connectivity index (χ0) is 16.3. The second-order valence-corrected chi connectivity index (χ2v) is 4.86. The lowest BCUT2D eigenvalue weighted by Crippen LogP contribution is -2.12. The number of hydrogen-bond donors (Lipinski definition) is 3. The highest BCUT2D eigenvalue weighted by molar-refractivity contribution is 6.30. The van der Waals surface area contributed by atoms with Crippen LogP contribution in [0, 0.1) is 5.82 Å². The van der Waals surface area contributed by atoms with Crippen molar-refractivity contribution in [2.24, 2.45) is 0 Å². The first-order valence-corrected chi connectivity index (χ1v) is 6.61. The van der Waals surface area contributed by atoms with Gasteiger partial charge in [-0.25, -0.2) is 9.18 Å². The number of nitrogens with one attached hydrogen (secondary N) is 1. The molecule has 0 saturated carbocycles. The van der Waals surface area contributed by atoms with Gasteiger partial charge in [0.05, 0.1) is 12.8 Å². The number of carboxylic acid groups (broad SMARTS) is 1. The lowest BCUT2D eigenvalue weighted by molar-refractivity contribution is 0.208. The van der Waals surface area contributed by atoms with Crippen molar-refractivity contribution in [2.45, 2.75) is 6.10 Å². The summed E-state index contributed by atoms with van der Waals surface area (Å²) in [5.74, 6) is -0.745. The molecule has 0 aliphatic rings. The van der Waals surface area contributed by atoms with Gasteiger partial charge in [0.15, 0.2) is 11.6 Å². The molecule has 0 bridgehead atoms. The van der Waals surface area contributed by atoms with Gasteiger partial charge in [-0.2, -0.15) is 0 Å². The maximum Gasteiger partial charge on any atom is 0.409 e. The molecule has 7 heteroatoms. The van der Waals surface area contributed by atoms with E-state index in [-0.39, 0.29) is 27.6 Å². The molecule has 2 aromatic carbocycles. The van der Waals surface area contributed by atoms with Gasteiger partial charge in [-0.05, 0) is 24.3 Å². The van der Waals surface area contributed by atoms with Crippen LogP contribution in [0.4, 0.5) is 14.9 Å². The van der Waals surface area contributed by atoms with Crippen molar-refractivity contribution in [3.05, 3.63) is 58.4 Å². The molecule has 0 aliphatic carbocycles. The van der Waals surface area contributed by atoms with E-state index in [1.165, 1.54) is 43.5 Å². The first kappa shape index (κ1) is 16.1. The molecule has 0 heterocycles. The van der Waals surface area contributed by atoms with Crippen molar-refractivity contribution in [1.82, 2.24) is 0 Å². The van der Waals surface area contributed by atoms with E-state index in [1.54, 1.807) is 0 Å². The average molecular weight is 326 g/mol. The fourth-order valence-electron chi connectivity index (χ4n) is 2.05. The highest BCUT2D eigenvalue weighted by atomic mass is 35.5. The second-order valence-electron chi connectivity index (χ2n) is 4.43. The Morgan fingerprint density at radius 2 is 2.05 bits per heavy atom. The summed E-state index contributed by atoms with van der Waals surface area (Å²) in [6.07, 6.45) is -2.71. The van der Waals surface area contributed by atoms with Gasteiger partial charge in [0.1, 0.15) is 6.10 Å². The quantitative estimate of drug-likeness (QED) is 0.801. The number of amides is 1. The van der Waals surface area contributed by atoms with Crippen molar-refractivity contribution < 1.29 is 24.1 Å². The Hall–Kier alpha value is -2.31. The fourth-order valence-corrected chi connectivity index (χ4v) is 2.23. The number of aliphatic hydroxyl groups excluding tert-OH is 1. The standard InChI is InChI=1S/C15H13ClFNO4/c1-22-12-4-2-3-9(13(12)17)14(19)10-7-8(16)5-6-11(10)18-15(20)21/h2-7,14,18-19H,1H3,(H,20,21). The molecule has 0 saturated heterocycles. The van der Waals surface area contributed by atoms with Gasteiger partial charge in [0.2, 0.25) is 0 Å². The van der Waals surface area contributed by atoms with Crippen LogP contribution in [0.25, 0.3) is 0 Å². The summed E-state index contributed by atoms with van der Waals surface area (Å²) < 4.78 is 19.1. The summed E-state index contributed by atoms with van der Waals surface area (Å²) in [5.41, 5.74) is 0.212. The topological polar surface area (TPSA) is 78.8 Å². The van der Waals surface area contributed by atoms with E-state index in [9.17, 15) is 14.3 Å². The maximum atomic E-state index is 14.2. The minimum atomic E-state index is -1.41. The van der Waals surface area contributed by atoms with E-state index < -0.39 is 18.0 Å². The van der Waals surface area contributed by atoms with E-state index in [1.807, 2.05) is 0 Å². The predicted octanol–water partition coefficient (Wildman–Crippen LogP) is 3.66. The van der Waals surface area contributed by atoms with Crippen molar-refractivity contribution in [1.29, 1.82) is 0 Å². The molecule has 1 amide bonds. The van der Waals surface area contributed by atoms with Crippen LogP contribution in [0.15, 0.2) is 36.4 Å². The molecule has 2 aromatic rings. The van der Waals surface area contributed by atoms with E-state index in [2.05, 4.69) is 5.32 Å². The first-order chi connectivity index (χ1) is 10.4. The molecule has 0 fully saturated rings. The molecular formula is C15H13ClFNO4. The third-order valence-corrected chi connectivity index (χ3v) is 3.29. The van der Waals surface area contributed by atoms with Crippen LogP contribution < -0.4 is 10.1 Å². The lowest BCUT2D eigenvalue weighted by Gasteiger charge is -2.17. The number of hydrogen-bond acceptors (Lipinski definition) is 3. The number of anilines is 1. The van der Waals surface area contributed by atoms with Gasteiger partial charge < -0.3 is 14.9 Å². The lowest BCUT2D eigenvalue weighted by atomic mass is 9.99. The van der Waals surface area contributed by atoms with Gasteiger partial charge in [-0.3, -0.25) is 5.32 Å². The van der Waals surface area contributed by atoms with E-state index >= 15 is 0 Å². The molecule has 0 aliphatic heterocycles. The van der Waals surface area contributed by atoms with Crippen LogP contribution in [0.2, 0.25) is 5.02 Å². The summed E-state index contributed by atoms with van der Waals surface area (Å²) in [4.78, 5) is 10.8. The Balaban J connectivity index is 2.51. The normalized spacial score (nSPS) is 11.8. The van der Waals surface area contributed by atoms with Crippen LogP contribution in [-0.2, 0) is 0 Å². The number of aliphatic hydroxyl groups is 1. The van der Waals surface area contributed by atoms with Crippen molar-refractivity contribution >= 4 is 23.4 Å². The number of benzene rings is 2. The van der Waals surface area contributed by atoms with Crippen molar-refractivity contribution in [2.75, 3.05) is 12.4 Å². The van der Waals surface area contributed by atoms with E-state index in [0.717, 1.165) is 0 Å². The molecule has 22 heavy (non-hydrogen) atoms. The minimum Gasteiger partial charge on any atom is -0.494 e. The van der Waals surface area contributed by atoms with E-state index in [4.69, 9.17) is 21.4 Å². The molecule has 0 radical (unpaired) electrons. The smallest absolute Gasteiger partial charge is 0.409 e. The molecule has 2 rings (SSSR count). The van der Waals surface area contributed by atoms with Gasteiger partial charge in [-0.1, -0.05) is 23.7 Å². The minimum absolute atomic E-state index is 0.0219. The summed E-state index contributed by atoms with van der Waals surface area (Å²) in [6.45, 7) is 0. The summed E-state index contributed by atoms with van der Waals surface area (Å²) in [7, 11) is 1.31. The molecule has 0 spiro atoms. The molecule has 116 valence electrons. The molecule has 3 N–H and O–H groups in total. The largest absolute Gasteiger partial charge is 0.494 e. The van der Waals surface area contributed by atoms with Crippen molar-refractivity contribution in [3.8, 4) is 5.75 Å². The number of carbonyl (C=O) groups is 1. The number of ether oxygens (including phenoxy) is 1. The van der Waals surface area contributed by atoms with Crippen LogP contribution in [0.1, 0.15) is 17.2 Å². The van der Waals surface area contributed by atoms with E-state index in [0.29, 0.717) is 0 Å². The number of rotatable bonds is 4. The van der Waals surface area contributed by atoms with Gasteiger partial charge >= 0.3 is 6.09 Å². The molecular weight excluding hydrogens is 313 g/mol. The Bertz CT molecular complexity index is 708.